The predicted octanol–water partition coefficient (Wildman–Crippen LogP) is 2.54. The lowest BCUT2D eigenvalue weighted by molar-refractivity contribution is -0.138. The Morgan fingerprint density at radius 1 is 1.07 bits per heavy atom. The molecule has 1 fully saturated rings. The number of carbonyl (C=O) groups excluding carboxylic acids is 3. The molecule has 10 heteroatoms. The first-order chi connectivity index (χ1) is 19.0. The monoisotopic (exact) mass is 551 g/mol. The molecule has 0 saturated heterocycles. The molecule has 0 bridgehead atoms. The lowest BCUT2D eigenvalue weighted by Gasteiger charge is -2.25. The van der Waals surface area contributed by atoms with Gasteiger partial charge in [0.15, 0.2) is 0 Å². The second-order valence-electron chi connectivity index (χ2n) is 10.9. The average Bonchev–Trinajstić information content (AvgIpc) is 3.72. The lowest BCUT2D eigenvalue weighted by atomic mass is 9.99. The van der Waals surface area contributed by atoms with Crippen LogP contribution in [0.5, 0.6) is 0 Å². The van der Waals surface area contributed by atoms with E-state index >= 15 is 0 Å². The van der Waals surface area contributed by atoms with Gasteiger partial charge in [-0.1, -0.05) is 51.1 Å². The Bertz CT molecular complexity index is 1270. The molecule has 3 amide bonds. The number of aromatic nitrogens is 1. The minimum absolute atomic E-state index is 0.198. The SMILES string of the molecule is CCc1ccc2ccc(/C=C/C3(C(=O)NC(C(=O)NC(C)C(=O)NCCCC(N)C(=O)O)C(C)C)CC3)cc2n1. The van der Waals surface area contributed by atoms with Gasteiger partial charge in [0.1, 0.15) is 18.1 Å². The van der Waals surface area contributed by atoms with E-state index in [9.17, 15) is 19.2 Å². The molecule has 0 aliphatic heterocycles. The van der Waals surface area contributed by atoms with Crippen molar-refractivity contribution in [2.45, 2.75) is 77.9 Å². The minimum Gasteiger partial charge on any atom is -0.480 e. The van der Waals surface area contributed by atoms with Gasteiger partial charge < -0.3 is 26.8 Å². The van der Waals surface area contributed by atoms with E-state index in [2.05, 4.69) is 33.9 Å². The van der Waals surface area contributed by atoms with Gasteiger partial charge in [0.05, 0.1) is 10.9 Å². The third-order valence-electron chi connectivity index (χ3n) is 7.27. The number of carboxylic acids is 1. The molecule has 1 heterocycles. The van der Waals surface area contributed by atoms with E-state index in [0.29, 0.717) is 19.3 Å². The largest absolute Gasteiger partial charge is 0.480 e. The normalized spacial score (nSPS) is 16.4. The number of carbonyl (C=O) groups is 4. The Hall–Kier alpha value is -3.79. The summed E-state index contributed by atoms with van der Waals surface area (Å²) in [6.07, 6.45) is 6.72. The maximum absolute atomic E-state index is 13.3. The molecule has 10 nitrogen and oxygen atoms in total. The molecule has 0 spiro atoms. The number of pyridine rings is 1. The zero-order valence-electron chi connectivity index (χ0n) is 23.7. The Balaban J connectivity index is 1.57. The molecule has 216 valence electrons. The number of benzene rings is 1. The number of rotatable bonds is 14. The quantitative estimate of drug-likeness (QED) is 0.225. The number of nitrogens with two attached hydrogens (primary N) is 1. The molecule has 3 rings (SSSR count). The van der Waals surface area contributed by atoms with E-state index < -0.39 is 41.3 Å². The fourth-order valence-electron chi connectivity index (χ4n) is 4.34. The number of hydrogen-bond donors (Lipinski definition) is 5. The van der Waals surface area contributed by atoms with Crippen LogP contribution < -0.4 is 21.7 Å². The molecule has 3 unspecified atom stereocenters. The molecular formula is C30H41N5O5. The van der Waals surface area contributed by atoms with Gasteiger partial charge in [-0.05, 0) is 62.6 Å². The van der Waals surface area contributed by atoms with Crippen LogP contribution in [-0.2, 0) is 25.6 Å². The third-order valence-corrected chi connectivity index (χ3v) is 7.27. The van der Waals surface area contributed by atoms with Crippen LogP contribution in [0.3, 0.4) is 0 Å². The van der Waals surface area contributed by atoms with E-state index in [1.807, 2.05) is 50.3 Å². The summed E-state index contributed by atoms with van der Waals surface area (Å²) >= 11 is 0. The van der Waals surface area contributed by atoms with Gasteiger partial charge in [-0.15, -0.1) is 0 Å². The molecular weight excluding hydrogens is 510 g/mol. The van der Waals surface area contributed by atoms with Crippen LogP contribution in [0.25, 0.3) is 17.0 Å². The van der Waals surface area contributed by atoms with E-state index in [1.54, 1.807) is 6.92 Å². The number of aliphatic carboxylic acids is 1. The van der Waals surface area contributed by atoms with E-state index in [0.717, 1.165) is 28.6 Å². The van der Waals surface area contributed by atoms with Gasteiger partial charge in [0.25, 0.3) is 0 Å². The molecule has 1 aliphatic rings. The van der Waals surface area contributed by atoms with Gasteiger partial charge in [-0.3, -0.25) is 24.2 Å². The Kier molecular flexibility index (Phi) is 10.4. The summed E-state index contributed by atoms with van der Waals surface area (Å²) in [5, 5.41) is 18.1. The van der Waals surface area contributed by atoms with E-state index in [4.69, 9.17) is 10.8 Å². The summed E-state index contributed by atoms with van der Waals surface area (Å²) in [5.74, 6) is -2.34. The Morgan fingerprint density at radius 2 is 1.77 bits per heavy atom. The number of carboxylic acid groups (broad SMARTS) is 1. The lowest BCUT2D eigenvalue weighted by Crippen LogP contribution is -2.55. The summed E-state index contributed by atoms with van der Waals surface area (Å²) in [6.45, 7) is 7.54. The van der Waals surface area contributed by atoms with Crippen molar-refractivity contribution < 1.29 is 24.3 Å². The van der Waals surface area contributed by atoms with Crippen LogP contribution in [-0.4, -0.2) is 58.5 Å². The van der Waals surface area contributed by atoms with Gasteiger partial charge in [0.2, 0.25) is 17.7 Å². The third kappa shape index (κ3) is 8.11. The second kappa shape index (κ2) is 13.5. The molecule has 1 saturated carbocycles. The van der Waals surface area contributed by atoms with Crippen molar-refractivity contribution in [2.75, 3.05) is 6.54 Å². The molecule has 1 aromatic heterocycles. The highest BCUT2D eigenvalue weighted by molar-refractivity contribution is 5.95. The number of nitrogens with one attached hydrogen (secondary N) is 3. The van der Waals surface area contributed by atoms with Crippen molar-refractivity contribution in [3.05, 3.63) is 47.7 Å². The van der Waals surface area contributed by atoms with E-state index in [-0.39, 0.29) is 24.8 Å². The number of aryl methyl sites for hydroxylation is 1. The van der Waals surface area contributed by atoms with Crippen LogP contribution in [0, 0.1) is 11.3 Å². The topological polar surface area (TPSA) is 164 Å². The molecule has 2 aromatic rings. The van der Waals surface area contributed by atoms with Gasteiger partial charge in [-0.25, -0.2) is 0 Å². The first kappa shape index (κ1) is 30.7. The zero-order chi connectivity index (χ0) is 29.4. The number of hydrogen-bond acceptors (Lipinski definition) is 6. The minimum atomic E-state index is -1.09. The van der Waals surface area contributed by atoms with Crippen molar-refractivity contribution in [1.82, 2.24) is 20.9 Å². The van der Waals surface area contributed by atoms with Gasteiger partial charge in [0, 0.05) is 17.6 Å². The molecule has 40 heavy (non-hydrogen) atoms. The first-order valence-electron chi connectivity index (χ1n) is 13.9. The standard InChI is InChI=1S/C30H41N5O5/c1-5-22-11-10-21-9-8-20(17-24(21)34-22)12-13-30(14-15-30)29(40)35-25(18(2)3)27(37)33-19(4)26(36)32-16-6-7-23(31)28(38)39/h8-13,17-19,23,25H,5-7,14-16,31H2,1-4H3,(H,32,36)(H,33,37)(H,35,40)(H,38,39)/b13-12+. The second-order valence-corrected chi connectivity index (χ2v) is 10.9. The molecule has 0 radical (unpaired) electrons. The summed E-state index contributed by atoms with van der Waals surface area (Å²) in [7, 11) is 0. The molecule has 6 N–H and O–H groups in total. The van der Waals surface area contributed by atoms with Crippen LogP contribution in [0.15, 0.2) is 36.4 Å². The fourth-order valence-corrected chi connectivity index (χ4v) is 4.34. The van der Waals surface area contributed by atoms with Crippen LogP contribution in [0.4, 0.5) is 0 Å². The van der Waals surface area contributed by atoms with Gasteiger partial charge >= 0.3 is 5.97 Å². The van der Waals surface area contributed by atoms with Crippen molar-refractivity contribution in [2.24, 2.45) is 17.1 Å². The molecule has 1 aromatic carbocycles. The van der Waals surface area contributed by atoms with Crippen molar-refractivity contribution >= 4 is 40.7 Å². The smallest absolute Gasteiger partial charge is 0.320 e. The maximum Gasteiger partial charge on any atom is 0.320 e. The number of amides is 3. The Morgan fingerprint density at radius 3 is 2.40 bits per heavy atom. The highest BCUT2D eigenvalue weighted by Crippen LogP contribution is 2.48. The van der Waals surface area contributed by atoms with Crippen LogP contribution in [0.1, 0.15) is 64.6 Å². The molecule has 1 aliphatic carbocycles. The summed E-state index contributed by atoms with van der Waals surface area (Å²) in [5.41, 5.74) is 7.69. The summed E-state index contributed by atoms with van der Waals surface area (Å²) in [6, 6.07) is 7.49. The van der Waals surface area contributed by atoms with Gasteiger partial charge in [-0.2, -0.15) is 0 Å². The zero-order valence-corrected chi connectivity index (χ0v) is 23.7. The predicted molar refractivity (Wildman–Crippen MR) is 154 cm³/mol. The average molecular weight is 552 g/mol. The summed E-state index contributed by atoms with van der Waals surface area (Å²) in [4.78, 5) is 54.2. The highest BCUT2D eigenvalue weighted by Gasteiger charge is 2.48. The van der Waals surface area contributed by atoms with Crippen LogP contribution >= 0.6 is 0 Å². The summed E-state index contributed by atoms with van der Waals surface area (Å²) < 4.78 is 0. The number of nitrogens with zero attached hydrogens (tertiary/aromatic N) is 1. The number of fused-ring (bicyclic) bond motifs is 1. The van der Waals surface area contributed by atoms with Crippen molar-refractivity contribution in [3.8, 4) is 0 Å². The van der Waals surface area contributed by atoms with Crippen molar-refractivity contribution in [1.29, 1.82) is 0 Å². The maximum atomic E-state index is 13.3. The van der Waals surface area contributed by atoms with E-state index in [1.165, 1.54) is 0 Å². The molecule has 3 atom stereocenters. The fraction of sp³-hybridized carbons (Fsp3) is 0.500. The Labute approximate surface area is 235 Å². The van der Waals surface area contributed by atoms with Crippen LogP contribution in [0.2, 0.25) is 0 Å². The first-order valence-corrected chi connectivity index (χ1v) is 13.9. The van der Waals surface area contributed by atoms with Crippen molar-refractivity contribution in [3.63, 3.8) is 0 Å². The highest BCUT2D eigenvalue weighted by atomic mass is 16.4.